The van der Waals surface area contributed by atoms with Crippen LogP contribution >= 0.6 is 0 Å². The minimum absolute atomic E-state index is 0.0611. The van der Waals surface area contributed by atoms with Gasteiger partial charge >= 0.3 is 6.18 Å². The number of nitrogens with zero attached hydrogens (tertiary/aromatic N) is 4. The zero-order valence-corrected chi connectivity index (χ0v) is 15.0. The minimum Gasteiger partial charge on any atom is -0.385 e. The molecule has 0 spiro atoms. The molecule has 2 atom stereocenters. The topological polar surface area (TPSA) is 70.0 Å². The van der Waals surface area contributed by atoms with Crippen molar-refractivity contribution in [3.63, 3.8) is 0 Å². The Bertz CT molecular complexity index is 946. The van der Waals surface area contributed by atoms with Crippen LogP contribution in [-0.4, -0.2) is 55.3 Å². The van der Waals surface area contributed by atoms with Gasteiger partial charge in [0.2, 0.25) is 0 Å². The van der Waals surface area contributed by atoms with Crippen LogP contribution in [0.15, 0.2) is 18.5 Å². The molecule has 3 aromatic heterocycles. The van der Waals surface area contributed by atoms with Crippen LogP contribution < -0.4 is 0 Å². The fourth-order valence-corrected chi connectivity index (χ4v) is 4.00. The van der Waals surface area contributed by atoms with Crippen LogP contribution in [0.2, 0.25) is 0 Å². The number of halogens is 3. The van der Waals surface area contributed by atoms with Crippen LogP contribution in [0.4, 0.5) is 13.2 Å². The predicted octanol–water partition coefficient (Wildman–Crippen LogP) is 3.56. The van der Waals surface area contributed by atoms with Gasteiger partial charge in [-0.2, -0.15) is 13.2 Å². The van der Waals surface area contributed by atoms with E-state index in [0.717, 1.165) is 29.5 Å². The van der Waals surface area contributed by atoms with E-state index in [1.807, 2.05) is 12.3 Å². The van der Waals surface area contributed by atoms with E-state index < -0.39 is 18.7 Å². The molecule has 1 aliphatic rings. The highest BCUT2D eigenvalue weighted by molar-refractivity contribution is 6.01. The molecule has 6 nitrogen and oxygen atoms in total. The lowest BCUT2D eigenvalue weighted by Crippen LogP contribution is -2.24. The van der Waals surface area contributed by atoms with Crippen molar-refractivity contribution in [2.24, 2.45) is 0 Å². The molecule has 0 aliphatic carbocycles. The van der Waals surface area contributed by atoms with E-state index in [9.17, 15) is 18.3 Å². The van der Waals surface area contributed by atoms with Gasteiger partial charge in [-0.15, -0.1) is 0 Å². The molecule has 0 bridgehead atoms. The molecule has 0 aromatic carbocycles. The first-order chi connectivity index (χ1) is 12.8. The van der Waals surface area contributed by atoms with Gasteiger partial charge in [0, 0.05) is 37.1 Å². The Labute approximate surface area is 154 Å². The largest absolute Gasteiger partial charge is 0.389 e. The minimum atomic E-state index is -4.11. The highest BCUT2D eigenvalue weighted by atomic mass is 19.4. The van der Waals surface area contributed by atoms with E-state index in [-0.39, 0.29) is 12.5 Å². The zero-order valence-electron chi connectivity index (χ0n) is 15.0. The average Bonchev–Trinajstić information content (AvgIpc) is 3.29. The number of alkyl halides is 3. The fraction of sp³-hybridized carbons (Fsp3) is 0.556. The number of rotatable bonds is 5. The Morgan fingerprint density at radius 2 is 2.22 bits per heavy atom. The number of hydrogen-bond donors (Lipinski definition) is 2. The molecular weight excluding hydrogens is 359 g/mol. The summed E-state index contributed by atoms with van der Waals surface area (Å²) in [7, 11) is 0. The number of aromatic amines is 1. The van der Waals surface area contributed by atoms with E-state index in [1.165, 1.54) is 0 Å². The highest BCUT2D eigenvalue weighted by Crippen LogP contribution is 2.34. The number of imidazole rings is 1. The van der Waals surface area contributed by atoms with Gasteiger partial charge in [0.05, 0.1) is 11.7 Å². The molecule has 1 aliphatic heterocycles. The molecule has 2 N–H and O–H groups in total. The Morgan fingerprint density at radius 1 is 1.41 bits per heavy atom. The monoisotopic (exact) mass is 381 g/mol. The molecule has 0 radical (unpaired) electrons. The van der Waals surface area contributed by atoms with Crippen molar-refractivity contribution in [1.82, 2.24) is 24.4 Å². The van der Waals surface area contributed by atoms with Gasteiger partial charge in [-0.1, -0.05) is 0 Å². The molecule has 0 unspecified atom stereocenters. The summed E-state index contributed by atoms with van der Waals surface area (Å²) in [4.78, 5) is 14.1. The van der Waals surface area contributed by atoms with Crippen LogP contribution in [-0.2, 0) is 0 Å². The number of likely N-dealkylation sites (tertiary alicyclic amines) is 1. The summed E-state index contributed by atoms with van der Waals surface area (Å²) in [6, 6.07) is 2.00. The van der Waals surface area contributed by atoms with E-state index in [4.69, 9.17) is 0 Å². The van der Waals surface area contributed by atoms with Gasteiger partial charge in [-0.3, -0.25) is 0 Å². The average molecular weight is 381 g/mol. The SMILES string of the molecule is C[C@@H](O)c1nc2cnc3[nH]ccc3c2n1[C@H]1CCN(CCCC(F)(F)F)C1. The van der Waals surface area contributed by atoms with Gasteiger partial charge in [0.1, 0.15) is 23.1 Å². The van der Waals surface area contributed by atoms with Gasteiger partial charge in [0.15, 0.2) is 0 Å². The van der Waals surface area contributed by atoms with Crippen LogP contribution in [0.1, 0.15) is 44.2 Å². The Kier molecular flexibility index (Phi) is 4.59. The molecule has 4 heterocycles. The molecule has 27 heavy (non-hydrogen) atoms. The van der Waals surface area contributed by atoms with Gasteiger partial charge in [0.25, 0.3) is 0 Å². The summed E-state index contributed by atoms with van der Waals surface area (Å²) in [6.45, 7) is 3.49. The number of fused-ring (bicyclic) bond motifs is 3. The Hall–Kier alpha value is -2.13. The smallest absolute Gasteiger partial charge is 0.385 e. The molecule has 0 saturated carbocycles. The molecule has 146 valence electrons. The summed E-state index contributed by atoms with van der Waals surface area (Å²) in [5.41, 5.74) is 2.38. The Morgan fingerprint density at radius 3 is 2.96 bits per heavy atom. The van der Waals surface area contributed by atoms with Crippen molar-refractivity contribution in [3.05, 3.63) is 24.3 Å². The van der Waals surface area contributed by atoms with Gasteiger partial charge in [-0.25, -0.2) is 9.97 Å². The van der Waals surface area contributed by atoms with E-state index in [2.05, 4.69) is 24.4 Å². The fourth-order valence-electron chi connectivity index (χ4n) is 4.00. The number of pyridine rings is 1. The lowest BCUT2D eigenvalue weighted by Gasteiger charge is -2.20. The second kappa shape index (κ2) is 6.79. The number of aromatic nitrogens is 4. The lowest BCUT2D eigenvalue weighted by molar-refractivity contribution is -0.136. The summed E-state index contributed by atoms with van der Waals surface area (Å²) in [6.07, 6.45) is -1.18. The van der Waals surface area contributed by atoms with Crippen LogP contribution in [0, 0.1) is 0 Å². The Balaban J connectivity index is 1.63. The maximum absolute atomic E-state index is 12.4. The molecule has 1 fully saturated rings. The number of H-pyrrole nitrogens is 1. The molecule has 9 heteroatoms. The second-order valence-corrected chi connectivity index (χ2v) is 7.21. The molecule has 1 saturated heterocycles. The van der Waals surface area contributed by atoms with Crippen LogP contribution in [0.25, 0.3) is 22.1 Å². The predicted molar refractivity (Wildman–Crippen MR) is 95.4 cm³/mol. The first-order valence-corrected chi connectivity index (χ1v) is 9.14. The van der Waals surface area contributed by atoms with Gasteiger partial charge < -0.3 is 19.6 Å². The second-order valence-electron chi connectivity index (χ2n) is 7.21. The van der Waals surface area contributed by atoms with Crippen molar-refractivity contribution in [2.75, 3.05) is 19.6 Å². The summed E-state index contributed by atoms with van der Waals surface area (Å²) >= 11 is 0. The quantitative estimate of drug-likeness (QED) is 0.709. The number of nitrogens with one attached hydrogen (secondary N) is 1. The molecule has 3 aromatic rings. The lowest BCUT2D eigenvalue weighted by atomic mass is 10.2. The number of hydrogen-bond acceptors (Lipinski definition) is 4. The normalized spacial score (nSPS) is 20.1. The molecule has 4 rings (SSSR count). The van der Waals surface area contributed by atoms with E-state index in [0.29, 0.717) is 24.4 Å². The number of aliphatic hydroxyl groups excluding tert-OH is 1. The maximum atomic E-state index is 12.4. The maximum Gasteiger partial charge on any atom is 0.389 e. The zero-order chi connectivity index (χ0) is 19.2. The van der Waals surface area contributed by atoms with Crippen LogP contribution in [0.3, 0.4) is 0 Å². The van der Waals surface area contributed by atoms with Crippen molar-refractivity contribution < 1.29 is 18.3 Å². The molecular formula is C18H22F3N5O. The van der Waals surface area contributed by atoms with Gasteiger partial charge in [-0.05, 0) is 32.4 Å². The van der Waals surface area contributed by atoms with Crippen molar-refractivity contribution in [3.8, 4) is 0 Å². The van der Waals surface area contributed by atoms with Crippen molar-refractivity contribution >= 4 is 22.1 Å². The first-order valence-electron chi connectivity index (χ1n) is 9.14. The third-order valence-electron chi connectivity index (χ3n) is 5.18. The van der Waals surface area contributed by atoms with E-state index in [1.54, 1.807) is 13.1 Å². The van der Waals surface area contributed by atoms with Crippen molar-refractivity contribution in [2.45, 2.75) is 44.5 Å². The summed E-state index contributed by atoms with van der Waals surface area (Å²) < 4.78 is 39.2. The van der Waals surface area contributed by atoms with E-state index >= 15 is 0 Å². The highest BCUT2D eigenvalue weighted by Gasteiger charge is 2.31. The number of aliphatic hydroxyl groups is 1. The molecule has 0 amide bonds. The standard InChI is InChI=1S/C18H22F3N5O/c1-11(27)17-24-14-9-23-16-13(3-6-22-16)15(14)26(17)12-4-8-25(10-12)7-2-5-18(19,20)21/h3,6,9,11-12,27H,2,4-5,7-8,10H2,1H3,(H,22,23)/t11-,12+/m1/s1. The third kappa shape index (κ3) is 3.53. The first kappa shape index (κ1) is 18.2. The van der Waals surface area contributed by atoms with Crippen molar-refractivity contribution in [1.29, 1.82) is 0 Å². The third-order valence-corrected chi connectivity index (χ3v) is 5.18. The summed E-state index contributed by atoms with van der Waals surface area (Å²) in [5, 5.41) is 11.2. The van der Waals surface area contributed by atoms with Crippen LogP contribution in [0.5, 0.6) is 0 Å². The summed E-state index contributed by atoms with van der Waals surface area (Å²) in [5.74, 6) is 0.572.